The molecule has 1 aliphatic heterocycles. The van der Waals surface area contributed by atoms with Gasteiger partial charge in [-0.2, -0.15) is 5.26 Å². The molecule has 0 unspecified atom stereocenters. The Labute approximate surface area is 196 Å². The maximum Gasteiger partial charge on any atom is 0.255 e. The van der Waals surface area contributed by atoms with E-state index in [0.717, 1.165) is 38.1 Å². The average Bonchev–Trinajstić information content (AvgIpc) is 3.08. The van der Waals surface area contributed by atoms with Gasteiger partial charge in [0.05, 0.1) is 16.7 Å². The molecule has 0 aliphatic carbocycles. The van der Waals surface area contributed by atoms with Crippen molar-refractivity contribution in [2.75, 3.05) is 11.9 Å². The molecule has 4 rings (SSSR count). The molecule has 11 heteroatoms. The number of benzene rings is 2. The number of carbonyl (C=O) groups is 1. The van der Waals surface area contributed by atoms with Crippen molar-refractivity contribution in [2.45, 2.75) is 43.5 Å². The summed E-state index contributed by atoms with van der Waals surface area (Å²) in [6.45, 7) is 0.781. The summed E-state index contributed by atoms with van der Waals surface area (Å²) in [6, 6.07) is 11.5. The highest BCUT2D eigenvalue weighted by molar-refractivity contribution is 7.89. The molecule has 0 bridgehead atoms. The lowest BCUT2D eigenvalue weighted by Crippen LogP contribution is -2.24. The SMILES string of the molecule is N#CCCNS(=O)(=O)c1ccc(C(=O)Nc2cc(-c3nnc4n3CCCCC4)ccc2F)cc1. The van der Waals surface area contributed by atoms with Crippen LogP contribution in [-0.4, -0.2) is 35.6 Å². The number of amides is 1. The second kappa shape index (κ2) is 10.1. The van der Waals surface area contributed by atoms with Crippen LogP contribution in [0.3, 0.4) is 0 Å². The van der Waals surface area contributed by atoms with Crippen molar-refractivity contribution in [3.8, 4) is 17.5 Å². The lowest BCUT2D eigenvalue weighted by atomic mass is 10.1. The molecule has 1 aliphatic rings. The van der Waals surface area contributed by atoms with E-state index in [4.69, 9.17) is 5.26 Å². The number of nitriles is 1. The molecule has 1 amide bonds. The van der Waals surface area contributed by atoms with Crippen molar-refractivity contribution >= 4 is 21.6 Å². The highest BCUT2D eigenvalue weighted by Gasteiger charge is 2.19. The standard InChI is InChI=1S/C23H23FN6O3S/c24-19-11-8-17(22-29-28-21-5-2-1-3-14-30(21)22)15-20(19)27-23(31)16-6-9-18(10-7-16)34(32,33)26-13-4-12-25/h6-11,15,26H,1-5,13-14H2,(H,27,31). The molecule has 2 aromatic carbocycles. The average molecular weight is 483 g/mol. The van der Waals surface area contributed by atoms with Gasteiger partial charge in [0.25, 0.3) is 5.91 Å². The van der Waals surface area contributed by atoms with Crippen LogP contribution >= 0.6 is 0 Å². The summed E-state index contributed by atoms with van der Waals surface area (Å²) in [6.07, 6.45) is 4.07. The first-order chi connectivity index (χ1) is 16.4. The number of rotatable bonds is 7. The van der Waals surface area contributed by atoms with E-state index in [1.54, 1.807) is 6.07 Å². The van der Waals surface area contributed by atoms with Gasteiger partial charge in [-0.1, -0.05) is 6.42 Å². The Morgan fingerprint density at radius 2 is 1.91 bits per heavy atom. The predicted molar refractivity (Wildman–Crippen MR) is 123 cm³/mol. The largest absolute Gasteiger partial charge is 0.319 e. The first kappa shape index (κ1) is 23.5. The van der Waals surface area contributed by atoms with Gasteiger partial charge < -0.3 is 9.88 Å². The van der Waals surface area contributed by atoms with E-state index in [-0.39, 0.29) is 29.1 Å². The molecule has 2 N–H and O–H groups in total. The Kier molecular flexibility index (Phi) is 7.00. The minimum absolute atomic E-state index is 0.00799. The Balaban J connectivity index is 1.52. The Bertz CT molecular complexity index is 1350. The smallest absolute Gasteiger partial charge is 0.255 e. The van der Waals surface area contributed by atoms with Crippen LogP contribution in [0.15, 0.2) is 47.4 Å². The van der Waals surface area contributed by atoms with E-state index in [9.17, 15) is 17.6 Å². The monoisotopic (exact) mass is 482 g/mol. The van der Waals surface area contributed by atoms with Gasteiger partial charge in [-0.15, -0.1) is 10.2 Å². The maximum absolute atomic E-state index is 14.5. The number of aryl methyl sites for hydroxylation is 1. The molecule has 1 aromatic heterocycles. The zero-order valence-corrected chi connectivity index (χ0v) is 19.1. The van der Waals surface area contributed by atoms with Crippen molar-refractivity contribution in [3.63, 3.8) is 0 Å². The zero-order chi connectivity index (χ0) is 24.1. The number of nitrogens with one attached hydrogen (secondary N) is 2. The van der Waals surface area contributed by atoms with Gasteiger partial charge in [0, 0.05) is 37.1 Å². The van der Waals surface area contributed by atoms with Crippen LogP contribution in [0.25, 0.3) is 11.4 Å². The van der Waals surface area contributed by atoms with E-state index in [2.05, 4.69) is 20.2 Å². The number of carbonyl (C=O) groups excluding carboxylic acids is 1. The maximum atomic E-state index is 14.5. The molecule has 3 aromatic rings. The Morgan fingerprint density at radius 3 is 2.68 bits per heavy atom. The first-order valence-electron chi connectivity index (χ1n) is 10.9. The fourth-order valence-electron chi connectivity index (χ4n) is 3.76. The molecular weight excluding hydrogens is 459 g/mol. The molecule has 0 radical (unpaired) electrons. The normalized spacial score (nSPS) is 13.5. The number of anilines is 1. The van der Waals surface area contributed by atoms with Gasteiger partial charge >= 0.3 is 0 Å². The molecule has 0 atom stereocenters. The van der Waals surface area contributed by atoms with Crippen LogP contribution in [-0.2, 0) is 23.0 Å². The van der Waals surface area contributed by atoms with E-state index in [0.29, 0.717) is 11.4 Å². The molecule has 0 fully saturated rings. The second-order valence-corrected chi connectivity index (χ2v) is 9.65. The minimum Gasteiger partial charge on any atom is -0.319 e. The molecule has 0 saturated carbocycles. The Morgan fingerprint density at radius 1 is 1.12 bits per heavy atom. The van der Waals surface area contributed by atoms with Gasteiger partial charge in [0.2, 0.25) is 10.0 Å². The van der Waals surface area contributed by atoms with E-state index < -0.39 is 21.7 Å². The molecule has 9 nitrogen and oxygen atoms in total. The lowest BCUT2D eigenvalue weighted by molar-refractivity contribution is 0.102. The molecular formula is C23H23FN6O3S. The van der Waals surface area contributed by atoms with Gasteiger partial charge in [-0.05, 0) is 55.3 Å². The second-order valence-electron chi connectivity index (χ2n) is 7.88. The number of nitrogens with zero attached hydrogens (tertiary/aromatic N) is 4. The predicted octanol–water partition coefficient (Wildman–Crippen LogP) is 3.25. The van der Waals surface area contributed by atoms with Crippen LogP contribution < -0.4 is 10.0 Å². The zero-order valence-electron chi connectivity index (χ0n) is 18.3. The number of aromatic nitrogens is 3. The third-order valence-corrected chi connectivity index (χ3v) is 7.01. The number of hydrogen-bond acceptors (Lipinski definition) is 6. The van der Waals surface area contributed by atoms with E-state index in [1.165, 1.54) is 36.4 Å². The van der Waals surface area contributed by atoms with Crippen molar-refractivity contribution in [1.29, 1.82) is 5.26 Å². The number of halogens is 1. The first-order valence-corrected chi connectivity index (χ1v) is 12.4. The van der Waals surface area contributed by atoms with Gasteiger partial charge in [0.1, 0.15) is 11.6 Å². The fraction of sp³-hybridized carbons (Fsp3) is 0.304. The lowest BCUT2D eigenvalue weighted by Gasteiger charge is -2.11. The third-order valence-electron chi connectivity index (χ3n) is 5.54. The van der Waals surface area contributed by atoms with Crippen LogP contribution in [0.4, 0.5) is 10.1 Å². The van der Waals surface area contributed by atoms with E-state index in [1.807, 2.05) is 10.6 Å². The van der Waals surface area contributed by atoms with E-state index >= 15 is 0 Å². The highest BCUT2D eigenvalue weighted by atomic mass is 32.2. The van der Waals surface area contributed by atoms with Crippen LogP contribution in [0.2, 0.25) is 0 Å². The molecule has 2 heterocycles. The number of sulfonamides is 1. The van der Waals surface area contributed by atoms with Crippen LogP contribution in [0.5, 0.6) is 0 Å². The van der Waals surface area contributed by atoms with Gasteiger partial charge in [-0.25, -0.2) is 17.5 Å². The quantitative estimate of drug-likeness (QED) is 0.497. The van der Waals surface area contributed by atoms with Crippen molar-refractivity contribution in [2.24, 2.45) is 0 Å². The summed E-state index contributed by atoms with van der Waals surface area (Å²) >= 11 is 0. The van der Waals surface area contributed by atoms with Crippen molar-refractivity contribution < 1.29 is 17.6 Å². The van der Waals surface area contributed by atoms with Crippen LogP contribution in [0.1, 0.15) is 41.9 Å². The fourth-order valence-corrected chi connectivity index (χ4v) is 4.80. The molecule has 34 heavy (non-hydrogen) atoms. The Hall–Kier alpha value is -3.62. The summed E-state index contributed by atoms with van der Waals surface area (Å²) in [4.78, 5) is 12.7. The van der Waals surface area contributed by atoms with Crippen molar-refractivity contribution in [1.82, 2.24) is 19.5 Å². The molecule has 0 spiro atoms. The van der Waals surface area contributed by atoms with Crippen LogP contribution in [0, 0.1) is 17.1 Å². The van der Waals surface area contributed by atoms with Crippen molar-refractivity contribution in [3.05, 3.63) is 59.7 Å². The molecule has 0 saturated heterocycles. The third kappa shape index (κ3) is 5.13. The summed E-state index contributed by atoms with van der Waals surface area (Å²) in [5, 5.41) is 19.6. The minimum atomic E-state index is -3.79. The number of hydrogen-bond donors (Lipinski definition) is 2. The highest BCUT2D eigenvalue weighted by Crippen LogP contribution is 2.27. The number of fused-ring (bicyclic) bond motifs is 1. The topological polar surface area (TPSA) is 130 Å². The summed E-state index contributed by atoms with van der Waals surface area (Å²) in [5.41, 5.74) is 0.794. The summed E-state index contributed by atoms with van der Waals surface area (Å²) < 4.78 is 43.3. The van der Waals surface area contributed by atoms with Gasteiger partial charge in [0.15, 0.2) is 5.82 Å². The summed E-state index contributed by atoms with van der Waals surface area (Å²) in [7, 11) is -3.79. The molecule has 176 valence electrons. The summed E-state index contributed by atoms with van der Waals surface area (Å²) in [5.74, 6) is 0.344. The van der Waals surface area contributed by atoms with Gasteiger partial charge in [-0.3, -0.25) is 4.79 Å².